The first-order chi connectivity index (χ1) is 11.2. The van der Waals surface area contributed by atoms with Crippen LogP contribution in [-0.2, 0) is 13.1 Å². The average molecular weight is 375 g/mol. The highest BCUT2D eigenvalue weighted by atomic mass is 79.9. The van der Waals surface area contributed by atoms with E-state index in [1.165, 1.54) is 0 Å². The van der Waals surface area contributed by atoms with Gasteiger partial charge in [-0.25, -0.2) is 0 Å². The van der Waals surface area contributed by atoms with Crippen molar-refractivity contribution >= 4 is 27.5 Å². The Morgan fingerprint density at radius 1 is 1.22 bits per heavy atom. The van der Waals surface area contributed by atoms with Gasteiger partial charge in [0.25, 0.3) is 11.8 Å². The normalized spacial score (nSPS) is 13.0. The number of rotatable bonds is 4. The summed E-state index contributed by atoms with van der Waals surface area (Å²) in [6.07, 6.45) is 0. The van der Waals surface area contributed by atoms with Crippen LogP contribution in [0.15, 0.2) is 43.8 Å². The number of carbonyl (C=O) groups is 1. The number of nitrogens with zero attached hydrogens (tertiary/aromatic N) is 2. The van der Waals surface area contributed by atoms with Crippen LogP contribution < -0.4 is 10.6 Å². The third-order valence-corrected chi connectivity index (χ3v) is 3.92. The zero-order valence-electron chi connectivity index (χ0n) is 11.8. The lowest BCUT2D eigenvalue weighted by atomic mass is 10.1. The van der Waals surface area contributed by atoms with Gasteiger partial charge in [-0.1, -0.05) is 12.1 Å². The SMILES string of the molecule is O=C1NCc2cccc(NCc3nnc(-c4ccc(Br)o4)o3)c21. The highest BCUT2D eigenvalue weighted by molar-refractivity contribution is 9.10. The van der Waals surface area contributed by atoms with Crippen LogP contribution in [0.4, 0.5) is 5.69 Å². The van der Waals surface area contributed by atoms with Gasteiger partial charge < -0.3 is 19.5 Å². The maximum atomic E-state index is 11.9. The van der Waals surface area contributed by atoms with Crippen LogP contribution in [0.3, 0.4) is 0 Å². The summed E-state index contributed by atoms with van der Waals surface area (Å²) in [6, 6.07) is 9.18. The van der Waals surface area contributed by atoms with Crippen molar-refractivity contribution in [3.05, 3.63) is 52.0 Å². The van der Waals surface area contributed by atoms with Crippen LogP contribution in [0.1, 0.15) is 21.8 Å². The second-order valence-electron chi connectivity index (χ2n) is 4.98. The molecule has 0 unspecified atom stereocenters. The molecule has 116 valence electrons. The Bertz CT molecular complexity index is 886. The molecule has 0 spiro atoms. The van der Waals surface area contributed by atoms with Crippen LogP contribution in [0.25, 0.3) is 11.7 Å². The highest BCUT2D eigenvalue weighted by Gasteiger charge is 2.22. The van der Waals surface area contributed by atoms with Gasteiger partial charge in [-0.05, 0) is 39.7 Å². The number of aromatic nitrogens is 2. The van der Waals surface area contributed by atoms with E-state index in [9.17, 15) is 4.79 Å². The van der Waals surface area contributed by atoms with Crippen molar-refractivity contribution in [2.75, 3.05) is 5.32 Å². The number of carbonyl (C=O) groups excluding carboxylic acids is 1. The van der Waals surface area contributed by atoms with Gasteiger partial charge in [0.1, 0.15) is 0 Å². The number of anilines is 1. The molecule has 0 atom stereocenters. The lowest BCUT2D eigenvalue weighted by Crippen LogP contribution is -2.14. The van der Waals surface area contributed by atoms with Gasteiger partial charge in [0, 0.05) is 12.2 Å². The van der Waals surface area contributed by atoms with Crippen molar-refractivity contribution in [1.29, 1.82) is 0 Å². The Balaban J connectivity index is 1.51. The third kappa shape index (κ3) is 2.61. The van der Waals surface area contributed by atoms with E-state index in [1.54, 1.807) is 12.1 Å². The molecule has 2 N–H and O–H groups in total. The summed E-state index contributed by atoms with van der Waals surface area (Å²) in [6.45, 7) is 0.875. The van der Waals surface area contributed by atoms with Gasteiger partial charge in [0.2, 0.25) is 5.89 Å². The number of hydrogen-bond donors (Lipinski definition) is 2. The minimum atomic E-state index is -0.0743. The monoisotopic (exact) mass is 374 g/mol. The highest BCUT2D eigenvalue weighted by Crippen LogP contribution is 2.26. The molecule has 0 fully saturated rings. The van der Waals surface area contributed by atoms with E-state index in [-0.39, 0.29) is 5.91 Å². The molecule has 3 heterocycles. The Hall–Kier alpha value is -2.61. The number of furan rings is 1. The molecule has 0 bridgehead atoms. The second kappa shape index (κ2) is 5.54. The quantitative estimate of drug-likeness (QED) is 0.729. The summed E-state index contributed by atoms with van der Waals surface area (Å²) < 4.78 is 11.5. The average Bonchev–Trinajstić information content (AvgIpc) is 3.26. The van der Waals surface area contributed by atoms with Crippen LogP contribution in [0, 0.1) is 0 Å². The van der Waals surface area contributed by atoms with Crippen LogP contribution in [0.5, 0.6) is 0 Å². The smallest absolute Gasteiger partial charge is 0.283 e. The fourth-order valence-electron chi connectivity index (χ4n) is 2.45. The predicted molar refractivity (Wildman–Crippen MR) is 84.6 cm³/mol. The van der Waals surface area contributed by atoms with E-state index in [4.69, 9.17) is 8.83 Å². The molecular formula is C15H11BrN4O3. The largest absolute Gasteiger partial charge is 0.444 e. The first-order valence-electron chi connectivity index (χ1n) is 6.93. The zero-order chi connectivity index (χ0) is 15.8. The summed E-state index contributed by atoms with van der Waals surface area (Å²) in [7, 11) is 0. The van der Waals surface area contributed by atoms with Crippen molar-refractivity contribution in [3.8, 4) is 11.7 Å². The molecule has 0 saturated carbocycles. The maximum absolute atomic E-state index is 11.9. The van der Waals surface area contributed by atoms with Crippen LogP contribution >= 0.6 is 15.9 Å². The molecule has 4 rings (SSSR count). The van der Waals surface area contributed by atoms with Crippen molar-refractivity contribution in [2.24, 2.45) is 0 Å². The Labute approximate surface area is 139 Å². The molecule has 8 heteroatoms. The fraction of sp³-hybridized carbons (Fsp3) is 0.133. The summed E-state index contributed by atoms with van der Waals surface area (Å²) >= 11 is 3.23. The number of benzene rings is 1. The van der Waals surface area contributed by atoms with E-state index >= 15 is 0 Å². The summed E-state index contributed by atoms with van der Waals surface area (Å²) in [5, 5.41) is 13.9. The molecule has 1 aromatic carbocycles. The lowest BCUT2D eigenvalue weighted by molar-refractivity contribution is 0.0966. The lowest BCUT2D eigenvalue weighted by Gasteiger charge is -2.07. The molecule has 0 aliphatic carbocycles. The van der Waals surface area contributed by atoms with Gasteiger partial charge in [-0.3, -0.25) is 4.79 Å². The number of amides is 1. The van der Waals surface area contributed by atoms with Gasteiger partial charge in [-0.2, -0.15) is 0 Å². The number of fused-ring (bicyclic) bond motifs is 1. The van der Waals surface area contributed by atoms with Crippen molar-refractivity contribution in [3.63, 3.8) is 0 Å². The number of hydrogen-bond acceptors (Lipinski definition) is 6. The molecule has 1 aliphatic rings. The van der Waals surface area contributed by atoms with E-state index in [2.05, 4.69) is 36.8 Å². The fourth-order valence-corrected chi connectivity index (χ4v) is 2.76. The molecule has 23 heavy (non-hydrogen) atoms. The van der Waals surface area contributed by atoms with E-state index < -0.39 is 0 Å². The molecule has 7 nitrogen and oxygen atoms in total. The van der Waals surface area contributed by atoms with E-state index in [0.29, 0.717) is 40.9 Å². The maximum Gasteiger partial charge on any atom is 0.283 e. The zero-order valence-corrected chi connectivity index (χ0v) is 13.4. The predicted octanol–water partition coefficient (Wildman–Crippen LogP) is 2.95. The molecule has 1 amide bonds. The van der Waals surface area contributed by atoms with Gasteiger partial charge in [-0.15, -0.1) is 10.2 Å². The molecule has 3 aromatic rings. The molecular weight excluding hydrogens is 364 g/mol. The Kier molecular flexibility index (Phi) is 3.38. The topological polar surface area (TPSA) is 93.2 Å². The summed E-state index contributed by atoms with van der Waals surface area (Å²) in [5.41, 5.74) is 2.40. The van der Waals surface area contributed by atoms with Crippen LogP contribution in [-0.4, -0.2) is 16.1 Å². The Morgan fingerprint density at radius 2 is 2.13 bits per heavy atom. The molecule has 0 saturated heterocycles. The second-order valence-corrected chi connectivity index (χ2v) is 5.76. The van der Waals surface area contributed by atoms with Gasteiger partial charge >= 0.3 is 0 Å². The van der Waals surface area contributed by atoms with Gasteiger partial charge in [0.05, 0.1) is 12.1 Å². The first-order valence-corrected chi connectivity index (χ1v) is 7.72. The summed E-state index contributed by atoms with van der Waals surface area (Å²) in [4.78, 5) is 11.9. The summed E-state index contributed by atoms with van der Waals surface area (Å²) in [5.74, 6) is 1.14. The molecule has 0 radical (unpaired) electrons. The van der Waals surface area contributed by atoms with E-state index in [1.807, 2.05) is 18.2 Å². The first kappa shape index (κ1) is 14.0. The number of nitrogens with one attached hydrogen (secondary N) is 2. The minimum Gasteiger partial charge on any atom is -0.444 e. The van der Waals surface area contributed by atoms with Crippen molar-refractivity contribution in [2.45, 2.75) is 13.1 Å². The molecule has 2 aromatic heterocycles. The van der Waals surface area contributed by atoms with Crippen molar-refractivity contribution in [1.82, 2.24) is 15.5 Å². The van der Waals surface area contributed by atoms with Crippen molar-refractivity contribution < 1.29 is 13.6 Å². The Morgan fingerprint density at radius 3 is 2.96 bits per heavy atom. The number of halogens is 1. The molecule has 1 aliphatic heterocycles. The standard InChI is InChI=1S/C15H11BrN4O3/c16-11-5-4-10(22-11)15-20-19-12(23-15)7-17-9-3-1-2-8-6-18-14(21)13(8)9/h1-5,17H,6-7H2,(H,18,21). The third-order valence-electron chi connectivity index (χ3n) is 3.50. The van der Waals surface area contributed by atoms with Crippen LogP contribution in [0.2, 0.25) is 0 Å². The van der Waals surface area contributed by atoms with E-state index in [0.717, 1.165) is 11.3 Å². The van der Waals surface area contributed by atoms with Gasteiger partial charge in [0.15, 0.2) is 10.4 Å². The minimum absolute atomic E-state index is 0.0743.